The van der Waals surface area contributed by atoms with Gasteiger partial charge in [-0.05, 0) is 35.7 Å². The molecule has 2 aromatic rings. The van der Waals surface area contributed by atoms with E-state index < -0.39 is 0 Å². The molecule has 0 saturated heterocycles. The fourth-order valence-corrected chi connectivity index (χ4v) is 2.14. The number of anilines is 1. The molecule has 88 valence electrons. The molecular weight excluding hydrogens is 237 g/mol. The smallest absolute Gasteiger partial charge is 0.174 e. The number of hydrogen-bond donors (Lipinski definition) is 1. The van der Waals surface area contributed by atoms with Crippen molar-refractivity contribution in [2.45, 2.75) is 6.42 Å². The molecule has 0 radical (unpaired) electrons. The molecule has 0 bridgehead atoms. The van der Waals surface area contributed by atoms with Gasteiger partial charge in [-0.15, -0.1) is 11.3 Å². The normalized spacial score (nSPS) is 10.2. The van der Waals surface area contributed by atoms with Crippen LogP contribution in [-0.4, -0.2) is 12.3 Å². The van der Waals surface area contributed by atoms with Gasteiger partial charge in [0.05, 0.1) is 4.88 Å². The van der Waals surface area contributed by atoms with Crippen molar-refractivity contribution in [1.82, 2.24) is 0 Å². The van der Waals surface area contributed by atoms with Crippen LogP contribution in [0.5, 0.6) is 0 Å². The summed E-state index contributed by atoms with van der Waals surface area (Å²) >= 11 is 1.45. The lowest BCUT2D eigenvalue weighted by Gasteiger charge is -2.04. The molecule has 0 aliphatic rings. The van der Waals surface area contributed by atoms with Crippen molar-refractivity contribution < 1.29 is 9.18 Å². The Morgan fingerprint density at radius 3 is 2.65 bits per heavy atom. The van der Waals surface area contributed by atoms with Gasteiger partial charge in [-0.25, -0.2) is 4.39 Å². The second kappa shape index (κ2) is 5.59. The molecule has 0 aliphatic carbocycles. The number of rotatable bonds is 5. The first-order chi connectivity index (χ1) is 8.25. The van der Waals surface area contributed by atoms with Gasteiger partial charge >= 0.3 is 0 Å². The molecule has 0 atom stereocenters. The minimum atomic E-state index is -0.259. The third kappa shape index (κ3) is 3.39. The quantitative estimate of drug-likeness (QED) is 0.821. The Kier molecular flexibility index (Phi) is 3.88. The second-order valence-electron chi connectivity index (χ2n) is 3.58. The van der Waals surface area contributed by atoms with Gasteiger partial charge in [0.2, 0.25) is 0 Å². The summed E-state index contributed by atoms with van der Waals surface area (Å²) in [4.78, 5) is 12.4. The van der Waals surface area contributed by atoms with E-state index in [4.69, 9.17) is 0 Å². The Balaban J connectivity index is 1.80. The number of carbonyl (C=O) groups is 1. The number of ketones is 1. The number of benzene rings is 1. The summed E-state index contributed by atoms with van der Waals surface area (Å²) in [6, 6.07) is 9.79. The van der Waals surface area contributed by atoms with Crippen molar-refractivity contribution in [3.63, 3.8) is 0 Å². The van der Waals surface area contributed by atoms with Crippen LogP contribution in [-0.2, 0) is 0 Å². The molecule has 17 heavy (non-hydrogen) atoms. The van der Waals surface area contributed by atoms with Crippen molar-refractivity contribution >= 4 is 22.8 Å². The predicted octanol–water partition coefficient (Wildman–Crippen LogP) is 3.57. The molecule has 0 aliphatic heterocycles. The third-order valence-corrected chi connectivity index (χ3v) is 3.23. The Labute approximate surface area is 103 Å². The van der Waals surface area contributed by atoms with Gasteiger partial charge in [0.25, 0.3) is 0 Å². The van der Waals surface area contributed by atoms with Gasteiger partial charge < -0.3 is 5.32 Å². The molecule has 0 unspecified atom stereocenters. The number of carbonyl (C=O) groups excluding carboxylic acids is 1. The largest absolute Gasteiger partial charge is 0.385 e. The Bertz CT molecular complexity index is 479. The monoisotopic (exact) mass is 249 g/mol. The Hall–Kier alpha value is -1.68. The van der Waals surface area contributed by atoms with E-state index in [1.807, 2.05) is 17.5 Å². The summed E-state index contributed by atoms with van der Waals surface area (Å²) in [6.07, 6.45) is 0.442. The maximum Gasteiger partial charge on any atom is 0.174 e. The lowest BCUT2D eigenvalue weighted by atomic mass is 10.2. The first kappa shape index (κ1) is 11.8. The van der Waals surface area contributed by atoms with Gasteiger partial charge in [-0.3, -0.25) is 4.79 Å². The highest BCUT2D eigenvalue weighted by molar-refractivity contribution is 7.12. The summed E-state index contributed by atoms with van der Waals surface area (Å²) in [5.74, 6) is -0.125. The molecular formula is C13H12FNOS. The summed E-state index contributed by atoms with van der Waals surface area (Å²) in [7, 11) is 0. The van der Waals surface area contributed by atoms with Crippen molar-refractivity contribution in [3.8, 4) is 0 Å². The number of halogens is 1. The van der Waals surface area contributed by atoms with Crippen LogP contribution >= 0.6 is 11.3 Å². The Morgan fingerprint density at radius 1 is 1.24 bits per heavy atom. The molecule has 1 aromatic carbocycles. The number of Topliss-reactive ketones (excluding diaryl/α,β-unsaturated/α-hetero) is 1. The van der Waals surface area contributed by atoms with E-state index >= 15 is 0 Å². The van der Waals surface area contributed by atoms with Crippen molar-refractivity contribution in [2.24, 2.45) is 0 Å². The van der Waals surface area contributed by atoms with E-state index in [-0.39, 0.29) is 11.6 Å². The fourth-order valence-electron chi connectivity index (χ4n) is 1.45. The molecule has 2 rings (SSSR count). The lowest BCUT2D eigenvalue weighted by molar-refractivity contribution is 0.0990. The molecule has 0 spiro atoms. The highest BCUT2D eigenvalue weighted by Crippen LogP contribution is 2.12. The number of thiophene rings is 1. The first-order valence-corrected chi connectivity index (χ1v) is 6.20. The molecule has 1 heterocycles. The van der Waals surface area contributed by atoms with Crippen LogP contribution < -0.4 is 5.32 Å². The molecule has 0 fully saturated rings. The zero-order valence-electron chi connectivity index (χ0n) is 9.15. The lowest BCUT2D eigenvalue weighted by Crippen LogP contribution is -2.07. The van der Waals surface area contributed by atoms with Gasteiger partial charge in [0, 0.05) is 18.7 Å². The Morgan fingerprint density at radius 2 is 2.00 bits per heavy atom. The standard InChI is InChI=1S/C13H12FNOS/c14-10-3-5-11(6-4-10)15-8-7-12(16)13-2-1-9-17-13/h1-6,9,15H,7-8H2. The molecule has 1 N–H and O–H groups in total. The van der Waals surface area contributed by atoms with Crippen LogP contribution in [0.25, 0.3) is 0 Å². The summed E-state index contributed by atoms with van der Waals surface area (Å²) in [5, 5.41) is 4.97. The molecule has 4 heteroatoms. The van der Waals surface area contributed by atoms with Crippen LogP contribution in [0.3, 0.4) is 0 Å². The molecule has 0 saturated carbocycles. The predicted molar refractivity (Wildman–Crippen MR) is 68.2 cm³/mol. The SMILES string of the molecule is O=C(CCNc1ccc(F)cc1)c1cccs1. The van der Waals surface area contributed by atoms with Crippen molar-refractivity contribution in [3.05, 3.63) is 52.5 Å². The van der Waals surface area contributed by atoms with Crippen LogP contribution in [0, 0.1) is 5.82 Å². The van der Waals surface area contributed by atoms with Crippen LogP contribution in [0.2, 0.25) is 0 Å². The number of hydrogen-bond acceptors (Lipinski definition) is 3. The zero-order valence-corrected chi connectivity index (χ0v) is 9.97. The highest BCUT2D eigenvalue weighted by Gasteiger charge is 2.05. The minimum Gasteiger partial charge on any atom is -0.385 e. The van der Waals surface area contributed by atoms with E-state index in [1.54, 1.807) is 12.1 Å². The van der Waals surface area contributed by atoms with Gasteiger partial charge in [0.15, 0.2) is 5.78 Å². The van der Waals surface area contributed by atoms with Crippen LogP contribution in [0.1, 0.15) is 16.1 Å². The minimum absolute atomic E-state index is 0.134. The van der Waals surface area contributed by atoms with E-state index in [2.05, 4.69) is 5.32 Å². The van der Waals surface area contributed by atoms with E-state index in [9.17, 15) is 9.18 Å². The molecule has 0 amide bonds. The highest BCUT2D eigenvalue weighted by atomic mass is 32.1. The van der Waals surface area contributed by atoms with Crippen LogP contribution in [0.15, 0.2) is 41.8 Å². The van der Waals surface area contributed by atoms with Gasteiger partial charge in [-0.2, -0.15) is 0 Å². The second-order valence-corrected chi connectivity index (χ2v) is 4.53. The topological polar surface area (TPSA) is 29.1 Å². The fraction of sp³-hybridized carbons (Fsp3) is 0.154. The van der Waals surface area contributed by atoms with Gasteiger partial charge in [0.1, 0.15) is 5.82 Å². The van der Waals surface area contributed by atoms with Gasteiger partial charge in [-0.1, -0.05) is 6.07 Å². The van der Waals surface area contributed by atoms with Crippen molar-refractivity contribution in [2.75, 3.05) is 11.9 Å². The zero-order chi connectivity index (χ0) is 12.1. The van der Waals surface area contributed by atoms with Crippen LogP contribution in [0.4, 0.5) is 10.1 Å². The number of nitrogens with one attached hydrogen (secondary N) is 1. The summed E-state index contributed by atoms with van der Waals surface area (Å²) < 4.78 is 12.6. The third-order valence-electron chi connectivity index (χ3n) is 2.32. The molecule has 2 nitrogen and oxygen atoms in total. The van der Waals surface area contributed by atoms with E-state index in [1.165, 1.54) is 23.5 Å². The van der Waals surface area contributed by atoms with Crippen molar-refractivity contribution in [1.29, 1.82) is 0 Å². The maximum atomic E-state index is 12.6. The molecule has 1 aromatic heterocycles. The summed E-state index contributed by atoms with van der Waals surface area (Å²) in [6.45, 7) is 0.558. The first-order valence-electron chi connectivity index (χ1n) is 5.32. The maximum absolute atomic E-state index is 12.6. The summed E-state index contributed by atoms with van der Waals surface area (Å²) in [5.41, 5.74) is 0.824. The van der Waals surface area contributed by atoms with E-state index in [0.29, 0.717) is 13.0 Å². The average molecular weight is 249 g/mol. The van der Waals surface area contributed by atoms with E-state index in [0.717, 1.165) is 10.6 Å². The average Bonchev–Trinajstić information content (AvgIpc) is 2.85.